The molecule has 2 bridgehead atoms. The lowest BCUT2D eigenvalue weighted by atomic mass is 9.39. The number of fused-ring (bicyclic) bond motifs is 1. The van der Waals surface area contributed by atoms with Gasteiger partial charge in [0.1, 0.15) is 5.82 Å². The van der Waals surface area contributed by atoms with Crippen LogP contribution in [-0.2, 0) is 22.4 Å². The van der Waals surface area contributed by atoms with E-state index in [1.807, 2.05) is 12.1 Å². The Hall–Kier alpha value is -1.92. The van der Waals surface area contributed by atoms with Crippen molar-refractivity contribution in [3.05, 3.63) is 29.6 Å². The highest BCUT2D eigenvalue weighted by atomic mass is 16.5. The Morgan fingerprint density at radius 1 is 1.44 bits per heavy atom. The van der Waals surface area contributed by atoms with Gasteiger partial charge in [-0.05, 0) is 49.3 Å². The molecule has 25 heavy (non-hydrogen) atoms. The van der Waals surface area contributed by atoms with Gasteiger partial charge in [0.2, 0.25) is 0 Å². The third-order valence-corrected chi connectivity index (χ3v) is 6.14. The molecule has 0 unspecified atom stereocenters. The molecule has 0 amide bonds. The average molecular weight is 341 g/mol. The van der Waals surface area contributed by atoms with Crippen molar-refractivity contribution in [2.45, 2.75) is 50.3 Å². The largest absolute Gasteiger partial charge is 0.465 e. The fourth-order valence-corrected chi connectivity index (χ4v) is 5.00. The summed E-state index contributed by atoms with van der Waals surface area (Å²) in [6, 6.07) is 5.59. The molecule has 1 aliphatic heterocycles. The monoisotopic (exact) mass is 341 g/mol. The Bertz CT molecular complexity index is 848. The first-order valence-corrected chi connectivity index (χ1v) is 8.97. The molecule has 1 aromatic heterocycles. The van der Waals surface area contributed by atoms with Gasteiger partial charge in [0, 0.05) is 18.6 Å². The van der Waals surface area contributed by atoms with Crippen LogP contribution < -0.4 is 5.73 Å². The highest BCUT2D eigenvalue weighted by molar-refractivity contribution is 5.93. The van der Waals surface area contributed by atoms with Crippen LogP contribution in [0, 0.1) is 5.41 Å². The van der Waals surface area contributed by atoms with Crippen LogP contribution in [0.4, 0.5) is 0 Å². The lowest BCUT2D eigenvalue weighted by molar-refractivity contribution is -0.132. The van der Waals surface area contributed by atoms with Gasteiger partial charge in [-0.3, -0.25) is 0 Å². The standard InChI is InChI=1S/C19H23N3O3/c1-24-17(23)12-2-3-14-15(6-12)22(8-13-4-5-25-13)16(21-14)7-18-9-19(20,10-18)11-18/h2-3,6,13H,4-5,7-11,20H2,1H3/t13-,18?,19?/m0/s1. The molecule has 1 atom stereocenters. The number of esters is 1. The number of carbonyl (C=O) groups excluding carboxylic acids is 1. The lowest BCUT2D eigenvalue weighted by Gasteiger charge is -2.69. The molecule has 2 N–H and O–H groups in total. The molecule has 2 heterocycles. The topological polar surface area (TPSA) is 79.4 Å². The van der Waals surface area contributed by atoms with E-state index >= 15 is 0 Å². The zero-order valence-electron chi connectivity index (χ0n) is 14.5. The maximum Gasteiger partial charge on any atom is 0.337 e. The number of hydrogen-bond donors (Lipinski definition) is 1. The van der Waals surface area contributed by atoms with Crippen LogP contribution in [0.2, 0.25) is 0 Å². The number of aromatic nitrogens is 2. The number of ether oxygens (including phenoxy) is 2. The molecule has 3 saturated carbocycles. The first-order valence-electron chi connectivity index (χ1n) is 8.97. The van der Waals surface area contributed by atoms with E-state index in [-0.39, 0.29) is 17.6 Å². The number of carbonyl (C=O) groups is 1. The quantitative estimate of drug-likeness (QED) is 0.842. The van der Waals surface area contributed by atoms with Gasteiger partial charge < -0.3 is 19.8 Å². The predicted octanol–water partition coefficient (Wildman–Crippen LogP) is 2.04. The summed E-state index contributed by atoms with van der Waals surface area (Å²) in [6.45, 7) is 1.62. The second-order valence-corrected chi connectivity index (χ2v) is 8.18. The summed E-state index contributed by atoms with van der Waals surface area (Å²) >= 11 is 0. The van der Waals surface area contributed by atoms with Crippen molar-refractivity contribution >= 4 is 17.0 Å². The average Bonchev–Trinajstić information content (AvgIpc) is 2.84. The Kier molecular flexibility index (Phi) is 3.10. The zero-order chi connectivity index (χ0) is 17.2. The highest BCUT2D eigenvalue weighted by Crippen LogP contribution is 2.67. The van der Waals surface area contributed by atoms with Crippen LogP contribution in [0.15, 0.2) is 18.2 Å². The van der Waals surface area contributed by atoms with Crippen molar-refractivity contribution < 1.29 is 14.3 Å². The minimum Gasteiger partial charge on any atom is -0.465 e. The van der Waals surface area contributed by atoms with Crippen molar-refractivity contribution in [2.24, 2.45) is 11.1 Å². The number of methoxy groups -OCH3 is 1. The van der Waals surface area contributed by atoms with Crippen molar-refractivity contribution in [1.29, 1.82) is 0 Å². The van der Waals surface area contributed by atoms with Crippen LogP contribution >= 0.6 is 0 Å². The molecule has 6 heteroatoms. The normalized spacial score (nSPS) is 32.6. The number of imidazole rings is 1. The molecular weight excluding hydrogens is 318 g/mol. The minimum atomic E-state index is -0.319. The summed E-state index contributed by atoms with van der Waals surface area (Å²) in [5.41, 5.74) is 9.14. The summed E-state index contributed by atoms with van der Waals surface area (Å²) in [4.78, 5) is 16.8. The van der Waals surface area contributed by atoms with Crippen molar-refractivity contribution in [1.82, 2.24) is 9.55 Å². The molecule has 132 valence electrons. The van der Waals surface area contributed by atoms with Crippen molar-refractivity contribution in [3.63, 3.8) is 0 Å². The fourth-order valence-electron chi connectivity index (χ4n) is 5.00. The molecule has 2 aromatic rings. The molecule has 1 aromatic carbocycles. The van der Waals surface area contributed by atoms with Crippen LogP contribution in [0.25, 0.3) is 11.0 Å². The number of nitrogens with two attached hydrogens (primary N) is 1. The summed E-state index contributed by atoms with van der Waals surface area (Å²) in [6.07, 6.45) is 5.60. The summed E-state index contributed by atoms with van der Waals surface area (Å²) in [5, 5.41) is 0. The molecule has 3 aliphatic carbocycles. The Morgan fingerprint density at radius 3 is 2.80 bits per heavy atom. The van der Waals surface area contributed by atoms with Gasteiger partial charge in [-0.1, -0.05) is 0 Å². The molecule has 4 fully saturated rings. The molecule has 0 radical (unpaired) electrons. The molecule has 1 saturated heterocycles. The fraction of sp³-hybridized carbons (Fsp3) is 0.579. The predicted molar refractivity (Wildman–Crippen MR) is 92.3 cm³/mol. The Morgan fingerprint density at radius 2 is 2.20 bits per heavy atom. The van der Waals surface area contributed by atoms with Gasteiger partial charge in [0.25, 0.3) is 0 Å². The minimum absolute atomic E-state index is 0.103. The number of hydrogen-bond acceptors (Lipinski definition) is 5. The van der Waals surface area contributed by atoms with Crippen LogP contribution in [0.1, 0.15) is 41.9 Å². The van der Waals surface area contributed by atoms with Gasteiger partial charge in [-0.25, -0.2) is 9.78 Å². The van der Waals surface area contributed by atoms with Gasteiger partial charge in [-0.2, -0.15) is 0 Å². The van der Waals surface area contributed by atoms with Gasteiger partial charge in [0.15, 0.2) is 0 Å². The molecule has 6 rings (SSSR count). The molecular formula is C19H23N3O3. The Labute approximate surface area is 146 Å². The van der Waals surface area contributed by atoms with Crippen LogP contribution in [-0.4, -0.2) is 40.9 Å². The number of benzene rings is 1. The molecule has 6 nitrogen and oxygen atoms in total. The SMILES string of the molecule is COC(=O)c1ccc2nc(CC34CC(N)(C3)C4)n(C[C@@H]3CCO3)c2c1. The third kappa shape index (κ3) is 2.31. The summed E-state index contributed by atoms with van der Waals surface area (Å²) in [5.74, 6) is 0.773. The van der Waals surface area contributed by atoms with E-state index in [1.165, 1.54) is 7.11 Å². The van der Waals surface area contributed by atoms with E-state index < -0.39 is 0 Å². The first kappa shape index (κ1) is 15.3. The third-order valence-electron chi connectivity index (χ3n) is 6.14. The van der Waals surface area contributed by atoms with E-state index in [0.29, 0.717) is 11.0 Å². The second kappa shape index (κ2) is 5.05. The first-order chi connectivity index (χ1) is 12.0. The van der Waals surface area contributed by atoms with E-state index in [4.69, 9.17) is 20.2 Å². The lowest BCUT2D eigenvalue weighted by Crippen LogP contribution is -2.72. The highest BCUT2D eigenvalue weighted by Gasteiger charge is 2.65. The van der Waals surface area contributed by atoms with Gasteiger partial charge >= 0.3 is 5.97 Å². The van der Waals surface area contributed by atoms with Crippen LogP contribution in [0.3, 0.4) is 0 Å². The Balaban J connectivity index is 1.53. The second-order valence-electron chi connectivity index (χ2n) is 8.18. The molecule has 0 spiro atoms. The maximum atomic E-state index is 11.9. The summed E-state index contributed by atoms with van der Waals surface area (Å²) in [7, 11) is 1.41. The van der Waals surface area contributed by atoms with Gasteiger partial charge in [0.05, 0.1) is 36.4 Å². The van der Waals surface area contributed by atoms with E-state index in [9.17, 15) is 4.79 Å². The molecule has 4 aliphatic rings. The van der Waals surface area contributed by atoms with E-state index in [0.717, 1.165) is 62.1 Å². The van der Waals surface area contributed by atoms with Crippen molar-refractivity contribution in [3.8, 4) is 0 Å². The zero-order valence-corrected chi connectivity index (χ0v) is 14.5. The van der Waals surface area contributed by atoms with Crippen molar-refractivity contribution in [2.75, 3.05) is 13.7 Å². The van der Waals surface area contributed by atoms with E-state index in [1.54, 1.807) is 6.07 Å². The number of rotatable bonds is 5. The summed E-state index contributed by atoms with van der Waals surface area (Å²) < 4.78 is 12.8. The maximum absolute atomic E-state index is 11.9. The van der Waals surface area contributed by atoms with Gasteiger partial charge in [-0.15, -0.1) is 0 Å². The van der Waals surface area contributed by atoms with Crippen LogP contribution in [0.5, 0.6) is 0 Å². The van der Waals surface area contributed by atoms with E-state index in [2.05, 4.69) is 4.57 Å². The smallest absolute Gasteiger partial charge is 0.337 e. The number of nitrogens with zero attached hydrogens (tertiary/aromatic N) is 2.